The second-order valence-corrected chi connectivity index (χ2v) is 4.99. The number of hydrogen-bond donors (Lipinski definition) is 2. The summed E-state index contributed by atoms with van der Waals surface area (Å²) in [6.45, 7) is 4.53. The SMILES string of the molecule is CCN(CC1CCCN1)C(=O)Nc1ccc(OC)cc1. The van der Waals surface area contributed by atoms with Gasteiger partial charge in [-0.2, -0.15) is 0 Å². The minimum absolute atomic E-state index is 0.0497. The van der Waals surface area contributed by atoms with Gasteiger partial charge in [-0.15, -0.1) is 0 Å². The van der Waals surface area contributed by atoms with Crippen LogP contribution in [0.15, 0.2) is 24.3 Å². The lowest BCUT2D eigenvalue weighted by Gasteiger charge is -2.24. The number of hydrogen-bond acceptors (Lipinski definition) is 3. The molecule has 110 valence electrons. The zero-order valence-electron chi connectivity index (χ0n) is 12.2. The molecule has 1 atom stereocenters. The third kappa shape index (κ3) is 3.87. The molecule has 2 N–H and O–H groups in total. The molecule has 0 radical (unpaired) electrons. The third-order valence-corrected chi connectivity index (χ3v) is 3.61. The van der Waals surface area contributed by atoms with Crippen molar-refractivity contribution in [2.45, 2.75) is 25.8 Å². The molecule has 1 aliphatic rings. The van der Waals surface area contributed by atoms with Crippen molar-refractivity contribution in [1.82, 2.24) is 10.2 Å². The molecule has 20 heavy (non-hydrogen) atoms. The molecular formula is C15H23N3O2. The molecule has 0 aliphatic carbocycles. The average Bonchev–Trinajstić information content (AvgIpc) is 2.98. The van der Waals surface area contributed by atoms with Gasteiger partial charge in [-0.05, 0) is 50.6 Å². The first-order valence-corrected chi connectivity index (χ1v) is 7.16. The number of carbonyl (C=O) groups is 1. The van der Waals surface area contributed by atoms with E-state index in [0.717, 1.165) is 30.9 Å². The smallest absolute Gasteiger partial charge is 0.321 e. The normalized spacial score (nSPS) is 17.8. The molecule has 1 unspecified atom stereocenters. The predicted molar refractivity (Wildman–Crippen MR) is 80.3 cm³/mol. The summed E-state index contributed by atoms with van der Waals surface area (Å²) in [4.78, 5) is 14.1. The van der Waals surface area contributed by atoms with Gasteiger partial charge < -0.3 is 20.3 Å². The largest absolute Gasteiger partial charge is 0.497 e. The molecule has 1 fully saturated rings. The quantitative estimate of drug-likeness (QED) is 0.868. The maximum absolute atomic E-state index is 12.2. The van der Waals surface area contributed by atoms with Crippen molar-refractivity contribution in [1.29, 1.82) is 0 Å². The lowest BCUT2D eigenvalue weighted by Crippen LogP contribution is -2.43. The van der Waals surface area contributed by atoms with Crippen LogP contribution < -0.4 is 15.4 Å². The van der Waals surface area contributed by atoms with Crippen molar-refractivity contribution >= 4 is 11.7 Å². The summed E-state index contributed by atoms with van der Waals surface area (Å²) < 4.78 is 5.10. The van der Waals surface area contributed by atoms with Crippen molar-refractivity contribution in [3.05, 3.63) is 24.3 Å². The second kappa shape index (κ2) is 7.14. The average molecular weight is 277 g/mol. The Hall–Kier alpha value is -1.75. The molecule has 5 heteroatoms. The van der Waals surface area contributed by atoms with Crippen LogP contribution in [0.4, 0.5) is 10.5 Å². The van der Waals surface area contributed by atoms with E-state index < -0.39 is 0 Å². The van der Waals surface area contributed by atoms with Gasteiger partial charge in [0.2, 0.25) is 0 Å². The van der Waals surface area contributed by atoms with Gasteiger partial charge in [-0.1, -0.05) is 0 Å². The number of rotatable bonds is 5. The number of nitrogens with zero attached hydrogens (tertiary/aromatic N) is 1. The Labute approximate surface area is 120 Å². The highest BCUT2D eigenvalue weighted by atomic mass is 16.5. The summed E-state index contributed by atoms with van der Waals surface area (Å²) in [6, 6.07) is 7.74. The first kappa shape index (κ1) is 14.7. The van der Waals surface area contributed by atoms with E-state index in [2.05, 4.69) is 10.6 Å². The van der Waals surface area contributed by atoms with Gasteiger partial charge in [0.25, 0.3) is 0 Å². The Morgan fingerprint density at radius 3 is 2.75 bits per heavy atom. The van der Waals surface area contributed by atoms with Crippen molar-refractivity contribution in [3.63, 3.8) is 0 Å². The van der Waals surface area contributed by atoms with Crippen molar-refractivity contribution in [2.75, 3.05) is 32.1 Å². The Kier molecular flexibility index (Phi) is 5.24. The minimum Gasteiger partial charge on any atom is -0.497 e. The maximum Gasteiger partial charge on any atom is 0.321 e. The first-order chi connectivity index (χ1) is 9.72. The standard InChI is InChI=1S/C15H23N3O2/c1-3-18(11-13-5-4-10-16-13)15(19)17-12-6-8-14(20-2)9-7-12/h6-9,13,16H,3-5,10-11H2,1-2H3,(H,17,19). The molecular weight excluding hydrogens is 254 g/mol. The Morgan fingerprint density at radius 1 is 1.45 bits per heavy atom. The van der Waals surface area contributed by atoms with Gasteiger partial charge >= 0.3 is 6.03 Å². The van der Waals surface area contributed by atoms with Crippen LogP contribution in [-0.2, 0) is 0 Å². The molecule has 0 aromatic heterocycles. The highest BCUT2D eigenvalue weighted by Gasteiger charge is 2.20. The number of carbonyl (C=O) groups excluding carboxylic acids is 1. The summed E-state index contributed by atoms with van der Waals surface area (Å²) in [7, 11) is 1.63. The fourth-order valence-electron chi connectivity index (χ4n) is 2.41. The van der Waals surface area contributed by atoms with Crippen molar-refractivity contribution in [2.24, 2.45) is 0 Å². The summed E-state index contributed by atoms with van der Waals surface area (Å²) in [5.74, 6) is 0.783. The second-order valence-electron chi connectivity index (χ2n) is 4.99. The summed E-state index contributed by atoms with van der Waals surface area (Å²) >= 11 is 0. The monoisotopic (exact) mass is 277 g/mol. The molecule has 1 aromatic rings. The van der Waals surface area contributed by atoms with E-state index in [4.69, 9.17) is 4.74 Å². The van der Waals surface area contributed by atoms with Crippen LogP contribution in [0.2, 0.25) is 0 Å². The number of nitrogens with one attached hydrogen (secondary N) is 2. The zero-order chi connectivity index (χ0) is 14.4. The summed E-state index contributed by atoms with van der Waals surface area (Å²) in [5.41, 5.74) is 0.786. The number of likely N-dealkylation sites (N-methyl/N-ethyl adjacent to an activating group) is 1. The van der Waals surface area contributed by atoms with Gasteiger partial charge in [0.1, 0.15) is 5.75 Å². The summed E-state index contributed by atoms with van der Waals surface area (Å²) in [6.07, 6.45) is 2.34. The van der Waals surface area contributed by atoms with Crippen LogP contribution in [-0.4, -0.2) is 43.7 Å². The summed E-state index contributed by atoms with van der Waals surface area (Å²) in [5, 5.41) is 6.34. The topological polar surface area (TPSA) is 53.6 Å². The highest BCUT2D eigenvalue weighted by molar-refractivity contribution is 5.89. The van der Waals surface area contributed by atoms with Gasteiger partial charge in [-0.25, -0.2) is 4.79 Å². The number of ether oxygens (including phenoxy) is 1. The molecule has 1 heterocycles. The van der Waals surface area contributed by atoms with E-state index in [9.17, 15) is 4.79 Å². The van der Waals surface area contributed by atoms with Crippen LogP contribution in [0, 0.1) is 0 Å². The third-order valence-electron chi connectivity index (χ3n) is 3.61. The molecule has 0 saturated carbocycles. The molecule has 2 rings (SSSR count). The van der Waals surface area contributed by atoms with E-state index >= 15 is 0 Å². The number of methoxy groups -OCH3 is 1. The first-order valence-electron chi connectivity index (χ1n) is 7.16. The Bertz CT molecular complexity index is 427. The predicted octanol–water partition coefficient (Wildman–Crippen LogP) is 2.30. The fraction of sp³-hybridized carbons (Fsp3) is 0.533. The lowest BCUT2D eigenvalue weighted by atomic mass is 10.2. The van der Waals surface area contributed by atoms with Gasteiger partial charge in [0.15, 0.2) is 0 Å². The Morgan fingerprint density at radius 2 is 2.20 bits per heavy atom. The number of amides is 2. The van der Waals surface area contributed by atoms with Crippen LogP contribution in [0.3, 0.4) is 0 Å². The van der Waals surface area contributed by atoms with Crippen LogP contribution >= 0.6 is 0 Å². The van der Waals surface area contributed by atoms with Gasteiger partial charge in [-0.3, -0.25) is 0 Å². The highest BCUT2D eigenvalue weighted by Crippen LogP contribution is 2.16. The number of anilines is 1. The van der Waals surface area contributed by atoms with Crippen molar-refractivity contribution < 1.29 is 9.53 Å². The van der Waals surface area contributed by atoms with Gasteiger partial charge in [0.05, 0.1) is 7.11 Å². The molecule has 0 spiro atoms. The molecule has 0 bridgehead atoms. The van der Waals surface area contributed by atoms with E-state index in [0.29, 0.717) is 12.6 Å². The van der Waals surface area contributed by atoms with Crippen molar-refractivity contribution in [3.8, 4) is 5.75 Å². The molecule has 2 amide bonds. The van der Waals surface area contributed by atoms with Crippen LogP contribution in [0.5, 0.6) is 5.75 Å². The lowest BCUT2D eigenvalue weighted by molar-refractivity contribution is 0.209. The van der Waals surface area contributed by atoms with E-state index in [1.807, 2.05) is 36.1 Å². The van der Waals surface area contributed by atoms with Gasteiger partial charge in [0, 0.05) is 24.8 Å². The van der Waals surface area contributed by atoms with Crippen LogP contribution in [0.1, 0.15) is 19.8 Å². The molecule has 1 saturated heterocycles. The van der Waals surface area contributed by atoms with E-state index in [-0.39, 0.29) is 6.03 Å². The minimum atomic E-state index is -0.0497. The van der Waals surface area contributed by atoms with E-state index in [1.165, 1.54) is 6.42 Å². The molecule has 1 aromatic carbocycles. The fourth-order valence-corrected chi connectivity index (χ4v) is 2.41. The van der Waals surface area contributed by atoms with E-state index in [1.54, 1.807) is 7.11 Å². The molecule has 1 aliphatic heterocycles. The Balaban J connectivity index is 1.90. The van der Waals surface area contributed by atoms with Crippen LogP contribution in [0.25, 0.3) is 0 Å². The zero-order valence-corrected chi connectivity index (χ0v) is 12.2. The number of urea groups is 1. The maximum atomic E-state index is 12.2. The molecule has 5 nitrogen and oxygen atoms in total. The number of benzene rings is 1.